The fourth-order valence-electron chi connectivity index (χ4n) is 1.59. The molecule has 1 N–H and O–H groups in total. The van der Waals surface area contributed by atoms with Gasteiger partial charge in [0.25, 0.3) is 0 Å². The molecule has 0 aromatic heterocycles. The van der Waals surface area contributed by atoms with Gasteiger partial charge in [-0.1, -0.05) is 0 Å². The van der Waals surface area contributed by atoms with Gasteiger partial charge < -0.3 is 19.7 Å². The Hall–Kier alpha value is -1.75. The van der Waals surface area contributed by atoms with E-state index in [4.69, 9.17) is 9.47 Å². The molecule has 1 aromatic rings. The van der Waals surface area contributed by atoms with E-state index >= 15 is 0 Å². The van der Waals surface area contributed by atoms with E-state index in [9.17, 15) is 4.79 Å². The average molecular weight is 266 g/mol. The summed E-state index contributed by atoms with van der Waals surface area (Å²) >= 11 is 0. The van der Waals surface area contributed by atoms with Crippen LogP contribution in [0.15, 0.2) is 18.2 Å². The van der Waals surface area contributed by atoms with Gasteiger partial charge >= 0.3 is 0 Å². The van der Waals surface area contributed by atoms with Crippen molar-refractivity contribution in [2.45, 2.75) is 13.5 Å². The van der Waals surface area contributed by atoms with Gasteiger partial charge in [0.1, 0.15) is 11.5 Å². The molecule has 1 amide bonds. The van der Waals surface area contributed by atoms with Gasteiger partial charge in [-0.2, -0.15) is 0 Å². The monoisotopic (exact) mass is 266 g/mol. The molecule has 1 rings (SSSR count). The van der Waals surface area contributed by atoms with Crippen molar-refractivity contribution in [3.63, 3.8) is 0 Å². The van der Waals surface area contributed by atoms with Gasteiger partial charge in [-0.3, -0.25) is 4.79 Å². The largest absolute Gasteiger partial charge is 0.497 e. The van der Waals surface area contributed by atoms with Gasteiger partial charge in [0.2, 0.25) is 5.91 Å². The molecule has 0 spiro atoms. The lowest BCUT2D eigenvalue weighted by Gasteiger charge is -2.15. The first-order valence-corrected chi connectivity index (χ1v) is 6.27. The first-order valence-electron chi connectivity index (χ1n) is 6.27. The smallest absolute Gasteiger partial charge is 0.236 e. The first kappa shape index (κ1) is 15.3. The van der Waals surface area contributed by atoms with Crippen LogP contribution in [0.2, 0.25) is 0 Å². The highest BCUT2D eigenvalue weighted by atomic mass is 16.5. The van der Waals surface area contributed by atoms with E-state index in [1.807, 2.05) is 25.1 Å². The number of carbonyl (C=O) groups excluding carboxylic acids is 1. The summed E-state index contributed by atoms with van der Waals surface area (Å²) in [6, 6.07) is 5.66. The quantitative estimate of drug-likeness (QED) is 0.807. The number of benzene rings is 1. The summed E-state index contributed by atoms with van der Waals surface area (Å²) in [4.78, 5) is 13.3. The molecule has 1 aromatic carbocycles. The van der Waals surface area contributed by atoms with Gasteiger partial charge in [0.15, 0.2) is 0 Å². The highest BCUT2D eigenvalue weighted by Crippen LogP contribution is 2.22. The number of hydrogen-bond acceptors (Lipinski definition) is 4. The van der Waals surface area contributed by atoms with E-state index in [2.05, 4.69) is 5.32 Å². The van der Waals surface area contributed by atoms with Crippen LogP contribution in [0.1, 0.15) is 12.5 Å². The Morgan fingerprint density at radius 3 is 2.26 bits per heavy atom. The number of hydrogen-bond donors (Lipinski definition) is 1. The zero-order chi connectivity index (χ0) is 14.3. The summed E-state index contributed by atoms with van der Waals surface area (Å²) in [5, 5.41) is 3.12. The van der Waals surface area contributed by atoms with Crippen molar-refractivity contribution < 1.29 is 14.3 Å². The normalized spacial score (nSPS) is 10.1. The Kier molecular flexibility index (Phi) is 6.15. The molecule has 0 aliphatic rings. The van der Waals surface area contributed by atoms with E-state index in [1.54, 1.807) is 26.2 Å². The molecule has 0 atom stereocenters. The van der Waals surface area contributed by atoms with Gasteiger partial charge in [-0.25, -0.2) is 0 Å². The highest BCUT2D eigenvalue weighted by molar-refractivity contribution is 5.77. The van der Waals surface area contributed by atoms with Gasteiger partial charge in [0.05, 0.1) is 20.8 Å². The maximum atomic E-state index is 11.6. The third kappa shape index (κ3) is 4.79. The van der Waals surface area contributed by atoms with Crippen LogP contribution in [0.5, 0.6) is 11.5 Å². The number of carbonyl (C=O) groups is 1. The molecule has 106 valence electrons. The fourth-order valence-corrected chi connectivity index (χ4v) is 1.59. The van der Waals surface area contributed by atoms with Crippen LogP contribution >= 0.6 is 0 Å². The number of nitrogens with zero attached hydrogens (tertiary/aromatic N) is 1. The molecule has 0 heterocycles. The minimum atomic E-state index is 0.0809. The van der Waals surface area contributed by atoms with Gasteiger partial charge in [-0.05, 0) is 24.6 Å². The van der Waals surface area contributed by atoms with E-state index < -0.39 is 0 Å². The molecule has 0 fully saturated rings. The molecule has 0 saturated carbocycles. The van der Waals surface area contributed by atoms with Crippen LogP contribution in [-0.2, 0) is 11.3 Å². The predicted octanol–water partition coefficient (Wildman–Crippen LogP) is 1.27. The fraction of sp³-hybridized carbons (Fsp3) is 0.500. The Balaban J connectivity index is 2.55. The molecule has 5 heteroatoms. The lowest BCUT2D eigenvalue weighted by atomic mass is 10.2. The van der Waals surface area contributed by atoms with Crippen molar-refractivity contribution in [3.05, 3.63) is 23.8 Å². The third-order valence-corrected chi connectivity index (χ3v) is 2.92. The Bertz CT molecular complexity index is 399. The van der Waals surface area contributed by atoms with E-state index in [0.29, 0.717) is 19.6 Å². The Labute approximate surface area is 114 Å². The minimum Gasteiger partial charge on any atom is -0.497 e. The van der Waals surface area contributed by atoms with Crippen LogP contribution in [-0.4, -0.2) is 45.2 Å². The second-order valence-corrected chi connectivity index (χ2v) is 4.23. The molecular formula is C14H22N2O3. The molecule has 5 nitrogen and oxygen atoms in total. The lowest BCUT2D eigenvalue weighted by Crippen LogP contribution is -2.35. The second-order valence-electron chi connectivity index (χ2n) is 4.23. The van der Waals surface area contributed by atoms with E-state index in [1.165, 1.54) is 0 Å². The summed E-state index contributed by atoms with van der Waals surface area (Å²) in [5.41, 5.74) is 1.02. The molecule has 19 heavy (non-hydrogen) atoms. The van der Waals surface area contributed by atoms with Crippen molar-refractivity contribution in [2.75, 3.05) is 34.4 Å². The lowest BCUT2D eigenvalue weighted by molar-refractivity contribution is -0.128. The number of rotatable bonds is 7. The zero-order valence-electron chi connectivity index (χ0n) is 12.0. The third-order valence-electron chi connectivity index (χ3n) is 2.92. The summed E-state index contributed by atoms with van der Waals surface area (Å²) in [6.45, 7) is 3.58. The number of amides is 1. The molecular weight excluding hydrogens is 244 g/mol. The zero-order valence-corrected chi connectivity index (χ0v) is 12.0. The molecule has 0 bridgehead atoms. The number of methoxy groups -OCH3 is 2. The van der Waals surface area contributed by atoms with Crippen molar-refractivity contribution in [1.82, 2.24) is 10.2 Å². The average Bonchev–Trinajstić information content (AvgIpc) is 2.45. The standard InChI is InChI=1S/C14H22N2O3/c1-5-16(2)14(17)10-15-9-11-6-12(18-3)8-13(7-11)19-4/h6-8,15H,5,9-10H2,1-4H3. The Morgan fingerprint density at radius 2 is 1.79 bits per heavy atom. The predicted molar refractivity (Wildman–Crippen MR) is 74.6 cm³/mol. The van der Waals surface area contributed by atoms with Crippen LogP contribution in [0.4, 0.5) is 0 Å². The summed E-state index contributed by atoms with van der Waals surface area (Å²) < 4.78 is 10.4. The van der Waals surface area contributed by atoms with Crippen molar-refractivity contribution in [2.24, 2.45) is 0 Å². The SMILES string of the molecule is CCN(C)C(=O)CNCc1cc(OC)cc(OC)c1. The first-order chi connectivity index (χ1) is 9.10. The van der Waals surface area contributed by atoms with Gasteiger partial charge in [-0.15, -0.1) is 0 Å². The molecule has 0 aliphatic carbocycles. The van der Waals surface area contributed by atoms with E-state index in [-0.39, 0.29) is 5.91 Å². The Morgan fingerprint density at radius 1 is 1.21 bits per heavy atom. The van der Waals surface area contributed by atoms with Crippen molar-refractivity contribution in [3.8, 4) is 11.5 Å². The number of ether oxygens (including phenoxy) is 2. The van der Waals surface area contributed by atoms with Crippen LogP contribution in [0.3, 0.4) is 0 Å². The summed E-state index contributed by atoms with van der Waals surface area (Å²) in [7, 11) is 5.02. The second kappa shape index (κ2) is 7.63. The summed E-state index contributed by atoms with van der Waals surface area (Å²) in [5.74, 6) is 1.57. The molecule has 0 aliphatic heterocycles. The number of nitrogens with one attached hydrogen (secondary N) is 1. The van der Waals surface area contributed by atoms with Crippen molar-refractivity contribution >= 4 is 5.91 Å². The maximum absolute atomic E-state index is 11.6. The number of likely N-dealkylation sites (N-methyl/N-ethyl adjacent to an activating group) is 1. The van der Waals surface area contributed by atoms with E-state index in [0.717, 1.165) is 17.1 Å². The highest BCUT2D eigenvalue weighted by Gasteiger charge is 2.06. The molecule has 0 unspecified atom stereocenters. The van der Waals surface area contributed by atoms with Crippen LogP contribution in [0, 0.1) is 0 Å². The van der Waals surface area contributed by atoms with Gasteiger partial charge in [0, 0.05) is 26.2 Å². The van der Waals surface area contributed by atoms with Crippen LogP contribution in [0.25, 0.3) is 0 Å². The topological polar surface area (TPSA) is 50.8 Å². The molecule has 0 radical (unpaired) electrons. The molecule has 0 saturated heterocycles. The van der Waals surface area contributed by atoms with Crippen LogP contribution < -0.4 is 14.8 Å². The summed E-state index contributed by atoms with van der Waals surface area (Å²) in [6.07, 6.45) is 0. The minimum absolute atomic E-state index is 0.0809. The maximum Gasteiger partial charge on any atom is 0.236 e. The van der Waals surface area contributed by atoms with Crippen molar-refractivity contribution in [1.29, 1.82) is 0 Å².